The van der Waals surface area contributed by atoms with Crippen molar-refractivity contribution in [1.82, 2.24) is 19.9 Å². The van der Waals surface area contributed by atoms with E-state index in [-0.39, 0.29) is 6.04 Å². The van der Waals surface area contributed by atoms with Crippen LogP contribution in [0.3, 0.4) is 0 Å². The lowest BCUT2D eigenvalue weighted by Gasteiger charge is -2.18. The van der Waals surface area contributed by atoms with Gasteiger partial charge in [0.15, 0.2) is 0 Å². The SMILES string of the molecule is Cc1ccc(C(N)=O)cc1Nc1nc(NC2CCCC2)nc(NC2CCN(Cc3ccccc3)C2)n1. The molecule has 1 saturated carbocycles. The Morgan fingerprint density at radius 3 is 2.36 bits per heavy atom. The Kier molecular flexibility index (Phi) is 7.27. The van der Waals surface area contributed by atoms with Gasteiger partial charge in [0.05, 0.1) is 0 Å². The number of nitrogens with two attached hydrogens (primary N) is 1. The zero-order valence-electron chi connectivity index (χ0n) is 20.7. The molecule has 9 nitrogen and oxygen atoms in total. The number of aromatic nitrogens is 3. The maximum Gasteiger partial charge on any atom is 0.248 e. The third-order valence-electron chi connectivity index (χ3n) is 6.95. The van der Waals surface area contributed by atoms with Gasteiger partial charge in [0.2, 0.25) is 23.8 Å². The number of hydrogen-bond acceptors (Lipinski definition) is 8. The summed E-state index contributed by atoms with van der Waals surface area (Å²) in [5.74, 6) is 1.06. The molecule has 9 heteroatoms. The molecular weight excluding hydrogens is 452 g/mol. The summed E-state index contributed by atoms with van der Waals surface area (Å²) in [6.45, 7) is 4.85. The molecule has 1 aliphatic carbocycles. The molecule has 2 aliphatic rings. The summed E-state index contributed by atoms with van der Waals surface area (Å²) in [4.78, 5) is 28.1. The first-order valence-electron chi connectivity index (χ1n) is 12.7. The molecule has 2 aromatic carbocycles. The smallest absolute Gasteiger partial charge is 0.248 e. The number of carbonyl (C=O) groups excluding carboxylic acids is 1. The molecule has 1 unspecified atom stereocenters. The van der Waals surface area contributed by atoms with Gasteiger partial charge in [-0.15, -0.1) is 0 Å². The minimum Gasteiger partial charge on any atom is -0.366 e. The zero-order valence-corrected chi connectivity index (χ0v) is 20.7. The molecule has 2 heterocycles. The zero-order chi connectivity index (χ0) is 24.9. The van der Waals surface area contributed by atoms with E-state index in [0.717, 1.165) is 50.1 Å². The van der Waals surface area contributed by atoms with Crippen molar-refractivity contribution in [3.8, 4) is 0 Å². The number of aryl methyl sites for hydroxylation is 1. The molecular formula is C27H34N8O. The Bertz CT molecular complexity index is 1200. The first kappa shape index (κ1) is 24.0. The summed E-state index contributed by atoms with van der Waals surface area (Å²) in [7, 11) is 0. The molecule has 1 saturated heterocycles. The van der Waals surface area contributed by atoms with E-state index in [1.54, 1.807) is 12.1 Å². The number of carbonyl (C=O) groups is 1. The van der Waals surface area contributed by atoms with Gasteiger partial charge in [-0.1, -0.05) is 49.2 Å². The number of likely N-dealkylation sites (tertiary alicyclic amines) is 1. The average molecular weight is 487 g/mol. The second-order valence-corrected chi connectivity index (χ2v) is 9.80. The number of rotatable bonds is 9. The number of primary amides is 1. The molecule has 0 spiro atoms. The van der Waals surface area contributed by atoms with Gasteiger partial charge in [-0.25, -0.2) is 0 Å². The van der Waals surface area contributed by atoms with Gasteiger partial charge >= 0.3 is 0 Å². The Morgan fingerprint density at radius 2 is 1.64 bits per heavy atom. The highest BCUT2D eigenvalue weighted by atomic mass is 16.1. The van der Waals surface area contributed by atoms with Crippen LogP contribution in [0.4, 0.5) is 23.5 Å². The molecule has 1 aromatic heterocycles. The minimum absolute atomic E-state index is 0.253. The number of anilines is 4. The molecule has 188 valence electrons. The van der Waals surface area contributed by atoms with E-state index in [0.29, 0.717) is 29.5 Å². The largest absolute Gasteiger partial charge is 0.366 e. The van der Waals surface area contributed by atoms with Crippen LogP contribution in [-0.2, 0) is 6.54 Å². The highest BCUT2D eigenvalue weighted by Gasteiger charge is 2.24. The summed E-state index contributed by atoms with van der Waals surface area (Å²) < 4.78 is 0. The van der Waals surface area contributed by atoms with E-state index >= 15 is 0 Å². The van der Waals surface area contributed by atoms with Crippen LogP contribution in [0.2, 0.25) is 0 Å². The van der Waals surface area contributed by atoms with E-state index < -0.39 is 5.91 Å². The monoisotopic (exact) mass is 486 g/mol. The summed E-state index contributed by atoms with van der Waals surface area (Å²) in [6.07, 6.45) is 5.70. The molecule has 1 aliphatic heterocycles. The lowest BCUT2D eigenvalue weighted by Crippen LogP contribution is -2.27. The second-order valence-electron chi connectivity index (χ2n) is 9.80. The number of benzene rings is 2. The van der Waals surface area contributed by atoms with E-state index in [1.807, 2.05) is 19.1 Å². The molecule has 2 fully saturated rings. The summed E-state index contributed by atoms with van der Waals surface area (Å²) >= 11 is 0. The number of hydrogen-bond donors (Lipinski definition) is 4. The van der Waals surface area contributed by atoms with Gasteiger partial charge in [0, 0.05) is 43.0 Å². The number of nitrogens with one attached hydrogen (secondary N) is 3. The van der Waals surface area contributed by atoms with Gasteiger partial charge in [0.1, 0.15) is 0 Å². The number of nitrogens with zero attached hydrogens (tertiary/aromatic N) is 4. The fourth-order valence-electron chi connectivity index (χ4n) is 4.96. The molecule has 36 heavy (non-hydrogen) atoms. The van der Waals surface area contributed by atoms with Crippen molar-refractivity contribution in [2.45, 2.75) is 57.7 Å². The van der Waals surface area contributed by atoms with Crippen molar-refractivity contribution in [1.29, 1.82) is 0 Å². The van der Waals surface area contributed by atoms with Crippen molar-refractivity contribution >= 4 is 29.4 Å². The quantitative estimate of drug-likeness (QED) is 0.357. The standard InChI is InChI=1S/C27H34N8O/c1-18-11-12-20(24(28)36)15-23(18)31-27-33-25(29-21-9-5-6-10-21)32-26(34-27)30-22-13-14-35(17-22)16-19-7-3-2-4-8-19/h2-4,7-8,11-12,15,21-22H,5-6,9-10,13-14,16-17H2,1H3,(H2,28,36)(H3,29,30,31,32,33,34). The summed E-state index contributed by atoms with van der Waals surface area (Å²) in [6, 6.07) is 16.5. The van der Waals surface area contributed by atoms with Gasteiger partial charge in [0.25, 0.3) is 0 Å². The predicted molar refractivity (Wildman–Crippen MR) is 142 cm³/mol. The Labute approximate surface area is 211 Å². The van der Waals surface area contributed by atoms with Crippen molar-refractivity contribution in [2.24, 2.45) is 5.73 Å². The Hall–Kier alpha value is -3.72. The number of amides is 1. The third-order valence-corrected chi connectivity index (χ3v) is 6.95. The van der Waals surface area contributed by atoms with Gasteiger partial charge < -0.3 is 21.7 Å². The maximum absolute atomic E-state index is 11.7. The molecule has 3 aromatic rings. The molecule has 0 radical (unpaired) electrons. The molecule has 1 atom stereocenters. The topological polar surface area (TPSA) is 121 Å². The van der Waals surface area contributed by atoms with Crippen LogP contribution in [0, 0.1) is 6.92 Å². The summed E-state index contributed by atoms with van der Waals surface area (Å²) in [5.41, 5.74) is 8.95. The maximum atomic E-state index is 11.7. The van der Waals surface area contributed by atoms with Crippen molar-refractivity contribution in [3.63, 3.8) is 0 Å². The van der Waals surface area contributed by atoms with Crippen LogP contribution in [0.5, 0.6) is 0 Å². The van der Waals surface area contributed by atoms with Gasteiger partial charge in [-0.05, 0) is 49.4 Å². The first-order valence-corrected chi connectivity index (χ1v) is 12.7. The van der Waals surface area contributed by atoms with Crippen molar-refractivity contribution < 1.29 is 4.79 Å². The molecule has 5 rings (SSSR count). The van der Waals surface area contributed by atoms with E-state index in [9.17, 15) is 4.79 Å². The second kappa shape index (κ2) is 10.9. The molecule has 1 amide bonds. The van der Waals surface area contributed by atoms with Crippen molar-refractivity contribution in [3.05, 3.63) is 65.2 Å². The van der Waals surface area contributed by atoms with E-state index in [2.05, 4.69) is 55.1 Å². The lowest BCUT2D eigenvalue weighted by molar-refractivity contribution is 0.100. The minimum atomic E-state index is -0.471. The fraction of sp³-hybridized carbons (Fsp3) is 0.407. The van der Waals surface area contributed by atoms with Crippen LogP contribution in [0.15, 0.2) is 48.5 Å². The van der Waals surface area contributed by atoms with Crippen LogP contribution in [-0.4, -0.2) is 50.9 Å². The van der Waals surface area contributed by atoms with Crippen LogP contribution in [0.25, 0.3) is 0 Å². The molecule has 0 bridgehead atoms. The molecule has 5 N–H and O–H groups in total. The van der Waals surface area contributed by atoms with Crippen molar-refractivity contribution in [2.75, 3.05) is 29.0 Å². The van der Waals surface area contributed by atoms with E-state index in [1.165, 1.54) is 18.4 Å². The predicted octanol–water partition coefficient (Wildman–Crippen LogP) is 4.06. The average Bonchev–Trinajstić information content (AvgIpc) is 3.53. The summed E-state index contributed by atoms with van der Waals surface area (Å²) in [5, 5.41) is 10.3. The van der Waals surface area contributed by atoms with Gasteiger partial charge in [-0.2, -0.15) is 15.0 Å². The lowest BCUT2D eigenvalue weighted by atomic mass is 10.1. The Morgan fingerprint density at radius 1 is 0.944 bits per heavy atom. The normalized spacial score (nSPS) is 18.3. The highest BCUT2D eigenvalue weighted by molar-refractivity contribution is 5.94. The van der Waals surface area contributed by atoms with Gasteiger partial charge in [-0.3, -0.25) is 9.69 Å². The van der Waals surface area contributed by atoms with Crippen LogP contribution in [0.1, 0.15) is 53.6 Å². The highest BCUT2D eigenvalue weighted by Crippen LogP contribution is 2.25. The van der Waals surface area contributed by atoms with E-state index in [4.69, 9.17) is 10.7 Å². The first-order chi connectivity index (χ1) is 17.5. The Balaban J connectivity index is 1.33. The van der Waals surface area contributed by atoms with Crippen LogP contribution >= 0.6 is 0 Å². The van der Waals surface area contributed by atoms with Crippen LogP contribution < -0.4 is 21.7 Å². The fourth-order valence-corrected chi connectivity index (χ4v) is 4.96. The third kappa shape index (κ3) is 6.09.